The van der Waals surface area contributed by atoms with Crippen LogP contribution in [0.15, 0.2) is 36.8 Å². The van der Waals surface area contributed by atoms with Crippen molar-refractivity contribution in [3.05, 3.63) is 47.5 Å². The Labute approximate surface area is 148 Å². The number of rotatable bonds is 5. The predicted molar refractivity (Wildman–Crippen MR) is 89.9 cm³/mol. The van der Waals surface area contributed by atoms with Gasteiger partial charge >= 0.3 is 5.97 Å². The fourth-order valence-corrected chi connectivity index (χ4v) is 2.36. The summed E-state index contributed by atoms with van der Waals surface area (Å²) in [6.45, 7) is 1.99. The molecule has 0 saturated carbocycles. The molecule has 0 aliphatic rings. The fourth-order valence-electron chi connectivity index (χ4n) is 2.19. The Kier molecular flexibility index (Phi) is 4.90. The van der Waals surface area contributed by atoms with Crippen molar-refractivity contribution in [1.29, 1.82) is 0 Å². The molecule has 0 aliphatic carbocycles. The van der Waals surface area contributed by atoms with Crippen LogP contribution in [0.3, 0.4) is 0 Å². The Morgan fingerprint density at radius 1 is 1.28 bits per heavy atom. The van der Waals surface area contributed by atoms with Gasteiger partial charge in [0, 0.05) is 16.7 Å². The average Bonchev–Trinajstić information content (AvgIpc) is 3.12. The molecular weight excluding hydrogens is 346 g/mol. The van der Waals surface area contributed by atoms with E-state index in [2.05, 4.69) is 20.3 Å². The first-order valence-corrected chi connectivity index (χ1v) is 7.76. The van der Waals surface area contributed by atoms with Gasteiger partial charge in [-0.1, -0.05) is 16.8 Å². The van der Waals surface area contributed by atoms with E-state index in [1.54, 1.807) is 31.2 Å². The van der Waals surface area contributed by atoms with Crippen LogP contribution in [0.1, 0.15) is 17.4 Å². The van der Waals surface area contributed by atoms with E-state index in [-0.39, 0.29) is 12.3 Å². The van der Waals surface area contributed by atoms with E-state index in [0.717, 1.165) is 0 Å². The van der Waals surface area contributed by atoms with Gasteiger partial charge in [0.05, 0.1) is 31.3 Å². The quantitative estimate of drug-likeness (QED) is 0.646. The van der Waals surface area contributed by atoms with Gasteiger partial charge in [0.15, 0.2) is 5.69 Å². The number of carbonyl (C=O) groups excluding carboxylic acids is 1. The average molecular weight is 360 g/mol. The molecule has 0 radical (unpaired) electrons. The number of hydrogen-bond donors (Lipinski definition) is 0. The third-order valence-electron chi connectivity index (χ3n) is 3.31. The van der Waals surface area contributed by atoms with Crippen LogP contribution in [0.2, 0.25) is 5.02 Å². The summed E-state index contributed by atoms with van der Waals surface area (Å²) < 4.78 is 11.5. The normalized spacial score (nSPS) is 10.5. The zero-order chi connectivity index (χ0) is 17.8. The van der Waals surface area contributed by atoms with Crippen LogP contribution in [0.5, 0.6) is 5.88 Å². The molecule has 25 heavy (non-hydrogen) atoms. The van der Waals surface area contributed by atoms with Crippen molar-refractivity contribution < 1.29 is 14.3 Å². The highest BCUT2D eigenvalue weighted by molar-refractivity contribution is 6.31. The maximum Gasteiger partial charge on any atom is 0.360 e. The minimum Gasteiger partial charge on any atom is -0.481 e. The molecule has 128 valence electrons. The van der Waals surface area contributed by atoms with E-state index in [9.17, 15) is 4.79 Å². The lowest BCUT2D eigenvalue weighted by Crippen LogP contribution is -2.04. The number of aromatic nitrogens is 5. The molecule has 2 heterocycles. The van der Waals surface area contributed by atoms with Crippen molar-refractivity contribution in [2.45, 2.75) is 6.92 Å². The highest BCUT2D eigenvalue weighted by Crippen LogP contribution is 2.29. The number of ether oxygens (including phenoxy) is 2. The molecule has 3 rings (SSSR count). The third-order valence-corrected chi connectivity index (χ3v) is 3.55. The number of methoxy groups -OCH3 is 1. The number of nitrogens with zero attached hydrogens (tertiary/aromatic N) is 5. The summed E-state index contributed by atoms with van der Waals surface area (Å²) in [5.74, 6) is -0.116. The van der Waals surface area contributed by atoms with Crippen LogP contribution in [0.4, 0.5) is 0 Å². The molecule has 3 aromatic rings. The molecule has 0 saturated heterocycles. The van der Waals surface area contributed by atoms with Gasteiger partial charge in [0.2, 0.25) is 5.88 Å². The van der Waals surface area contributed by atoms with Crippen molar-refractivity contribution in [3.8, 4) is 22.8 Å². The summed E-state index contributed by atoms with van der Waals surface area (Å²) in [5.41, 5.74) is 2.04. The van der Waals surface area contributed by atoms with Crippen molar-refractivity contribution in [3.63, 3.8) is 0 Å². The molecule has 0 amide bonds. The first-order chi connectivity index (χ1) is 12.1. The summed E-state index contributed by atoms with van der Waals surface area (Å²) in [6, 6.07) is 6.89. The van der Waals surface area contributed by atoms with Crippen molar-refractivity contribution >= 4 is 17.6 Å². The number of carbonyl (C=O) groups is 1. The SMILES string of the molecule is CCOC(=O)c1cn(-c2ccc(Cl)cc2-c2cc(OC)ncn2)nn1. The van der Waals surface area contributed by atoms with E-state index in [1.165, 1.54) is 24.3 Å². The van der Waals surface area contributed by atoms with Gasteiger partial charge in [0.25, 0.3) is 0 Å². The van der Waals surface area contributed by atoms with Gasteiger partial charge < -0.3 is 9.47 Å². The highest BCUT2D eigenvalue weighted by atomic mass is 35.5. The number of benzene rings is 1. The first-order valence-electron chi connectivity index (χ1n) is 7.38. The maximum absolute atomic E-state index is 11.8. The second-order valence-electron chi connectivity index (χ2n) is 4.88. The monoisotopic (exact) mass is 359 g/mol. The summed E-state index contributed by atoms with van der Waals surface area (Å²) in [5, 5.41) is 8.38. The second kappa shape index (κ2) is 7.27. The smallest absolute Gasteiger partial charge is 0.360 e. The summed E-state index contributed by atoms with van der Waals surface area (Å²) in [4.78, 5) is 20.0. The number of halogens is 1. The summed E-state index contributed by atoms with van der Waals surface area (Å²) >= 11 is 6.13. The third kappa shape index (κ3) is 3.58. The van der Waals surface area contributed by atoms with Gasteiger partial charge in [-0.15, -0.1) is 5.10 Å². The van der Waals surface area contributed by atoms with Crippen LogP contribution in [0.25, 0.3) is 16.9 Å². The van der Waals surface area contributed by atoms with Crippen molar-refractivity contribution in [1.82, 2.24) is 25.0 Å². The Hall–Kier alpha value is -3.00. The van der Waals surface area contributed by atoms with Crippen LogP contribution in [0, 0.1) is 0 Å². The Morgan fingerprint density at radius 3 is 2.88 bits per heavy atom. The van der Waals surface area contributed by atoms with E-state index in [4.69, 9.17) is 21.1 Å². The molecular formula is C16H14ClN5O3. The van der Waals surface area contributed by atoms with Crippen LogP contribution >= 0.6 is 11.6 Å². The fraction of sp³-hybridized carbons (Fsp3) is 0.188. The van der Waals surface area contributed by atoms with Crippen molar-refractivity contribution in [2.75, 3.05) is 13.7 Å². The first kappa shape index (κ1) is 16.8. The lowest BCUT2D eigenvalue weighted by molar-refractivity contribution is 0.0519. The largest absolute Gasteiger partial charge is 0.481 e. The molecule has 0 bridgehead atoms. The minimum absolute atomic E-state index is 0.114. The number of hydrogen-bond acceptors (Lipinski definition) is 7. The van der Waals surface area contributed by atoms with Crippen molar-refractivity contribution in [2.24, 2.45) is 0 Å². The predicted octanol–water partition coefficient (Wildman–Crippen LogP) is 2.56. The van der Waals surface area contributed by atoms with Crippen LogP contribution in [-0.4, -0.2) is 44.6 Å². The zero-order valence-corrected chi connectivity index (χ0v) is 14.3. The van der Waals surface area contributed by atoms with Gasteiger partial charge in [-0.05, 0) is 25.1 Å². The molecule has 0 fully saturated rings. The molecule has 0 spiro atoms. The molecule has 2 aromatic heterocycles. The Balaban J connectivity index is 2.07. The Morgan fingerprint density at radius 2 is 2.12 bits per heavy atom. The number of esters is 1. The lowest BCUT2D eigenvalue weighted by Gasteiger charge is -2.09. The van der Waals surface area contributed by atoms with Gasteiger partial charge in [-0.3, -0.25) is 0 Å². The molecule has 1 aromatic carbocycles. The summed E-state index contributed by atoms with van der Waals surface area (Å²) in [6.07, 6.45) is 2.88. The zero-order valence-electron chi connectivity index (χ0n) is 13.5. The second-order valence-corrected chi connectivity index (χ2v) is 5.31. The van der Waals surface area contributed by atoms with Crippen LogP contribution in [-0.2, 0) is 4.74 Å². The lowest BCUT2D eigenvalue weighted by atomic mass is 10.1. The topological polar surface area (TPSA) is 92.0 Å². The molecule has 9 heteroatoms. The van der Waals surface area contributed by atoms with Gasteiger partial charge in [-0.2, -0.15) is 0 Å². The van der Waals surface area contributed by atoms with E-state index >= 15 is 0 Å². The molecule has 8 nitrogen and oxygen atoms in total. The highest BCUT2D eigenvalue weighted by Gasteiger charge is 2.16. The summed E-state index contributed by atoms with van der Waals surface area (Å²) in [7, 11) is 1.52. The maximum atomic E-state index is 11.8. The van der Waals surface area contributed by atoms with E-state index < -0.39 is 5.97 Å². The van der Waals surface area contributed by atoms with E-state index in [0.29, 0.717) is 27.8 Å². The minimum atomic E-state index is -0.534. The molecule has 0 atom stereocenters. The van der Waals surface area contributed by atoms with E-state index in [1.807, 2.05) is 0 Å². The molecule has 0 unspecified atom stereocenters. The van der Waals surface area contributed by atoms with Gasteiger partial charge in [-0.25, -0.2) is 19.4 Å². The van der Waals surface area contributed by atoms with Crippen LogP contribution < -0.4 is 4.74 Å². The molecule has 0 N–H and O–H groups in total. The Bertz CT molecular complexity index is 912. The van der Waals surface area contributed by atoms with Gasteiger partial charge in [0.1, 0.15) is 6.33 Å². The molecule has 0 aliphatic heterocycles. The standard InChI is InChI=1S/C16H14ClN5O3/c1-3-25-16(23)13-8-22(21-20-13)14-5-4-10(17)6-11(14)12-7-15(24-2)19-9-18-12/h4-9H,3H2,1-2H3.